The van der Waals surface area contributed by atoms with Crippen LogP contribution in [0.5, 0.6) is 0 Å². The van der Waals surface area contributed by atoms with Crippen molar-refractivity contribution in [3.8, 4) is 0 Å². The Morgan fingerprint density at radius 2 is 1.91 bits per heavy atom. The molecule has 23 heavy (non-hydrogen) atoms. The lowest BCUT2D eigenvalue weighted by Crippen LogP contribution is -2.56. The summed E-state index contributed by atoms with van der Waals surface area (Å²) in [4.78, 5) is 28.2. The van der Waals surface area contributed by atoms with Crippen LogP contribution in [0, 0.1) is 0 Å². The molecular weight excluding hydrogens is 299 g/mol. The number of piperidine rings is 1. The fourth-order valence-corrected chi connectivity index (χ4v) is 3.49. The van der Waals surface area contributed by atoms with Crippen molar-refractivity contribution in [1.29, 1.82) is 0 Å². The zero-order valence-electron chi connectivity index (χ0n) is 13.5. The van der Waals surface area contributed by atoms with Crippen molar-refractivity contribution in [2.45, 2.75) is 44.8 Å². The molecule has 1 aromatic rings. The van der Waals surface area contributed by atoms with Crippen molar-refractivity contribution in [3.63, 3.8) is 0 Å². The molecule has 0 N–H and O–H groups in total. The first-order chi connectivity index (χ1) is 11.0. The topological polar surface area (TPSA) is 58.4 Å². The molecule has 126 valence electrons. The molecule has 2 fully saturated rings. The van der Waals surface area contributed by atoms with E-state index in [9.17, 15) is 9.59 Å². The van der Waals surface area contributed by atoms with Crippen LogP contribution < -0.4 is 0 Å². The summed E-state index contributed by atoms with van der Waals surface area (Å²) in [6.45, 7) is 4.05. The lowest BCUT2D eigenvalue weighted by molar-refractivity contribution is -0.146. The van der Waals surface area contributed by atoms with Gasteiger partial charge in [-0.3, -0.25) is 14.3 Å². The first kappa shape index (κ1) is 16.0. The van der Waals surface area contributed by atoms with E-state index in [1.807, 2.05) is 6.92 Å². The summed E-state index contributed by atoms with van der Waals surface area (Å²) in [5.74, 6) is -0.697. The Kier molecular flexibility index (Phi) is 4.37. The Morgan fingerprint density at radius 1 is 1.22 bits per heavy atom. The van der Waals surface area contributed by atoms with Gasteiger partial charge in [0.2, 0.25) is 5.67 Å². The molecule has 3 rings (SSSR count). The lowest BCUT2D eigenvalue weighted by atomic mass is 9.93. The molecule has 0 aliphatic carbocycles. The van der Waals surface area contributed by atoms with Gasteiger partial charge in [0, 0.05) is 32.4 Å². The molecule has 1 aromatic heterocycles. The maximum atomic E-state index is 15.2. The van der Waals surface area contributed by atoms with Gasteiger partial charge in [-0.2, -0.15) is 5.10 Å². The number of carbonyl (C=O) groups is 2. The molecule has 3 heterocycles. The second-order valence-electron chi connectivity index (χ2n) is 6.33. The van der Waals surface area contributed by atoms with Gasteiger partial charge in [0.1, 0.15) is 5.69 Å². The Hall–Kier alpha value is -1.92. The third-order valence-corrected chi connectivity index (χ3v) is 4.74. The smallest absolute Gasteiger partial charge is 0.272 e. The monoisotopic (exact) mass is 322 g/mol. The Balaban J connectivity index is 1.74. The first-order valence-corrected chi connectivity index (χ1v) is 8.34. The highest BCUT2D eigenvalue weighted by molar-refractivity contribution is 5.94. The molecule has 2 amide bonds. The standard InChI is InChI=1S/C16H23FN4O2/c1-2-21-13(6-8-18-21)14(22)20-11-5-7-16(17,12-20)15(23)19-9-3-4-10-19/h6,8H,2-5,7,9-12H2,1H3. The number of aryl methyl sites for hydroxylation is 1. The highest BCUT2D eigenvalue weighted by atomic mass is 19.1. The zero-order valence-corrected chi connectivity index (χ0v) is 13.5. The second-order valence-corrected chi connectivity index (χ2v) is 6.33. The number of hydrogen-bond donors (Lipinski definition) is 0. The molecule has 0 spiro atoms. The van der Waals surface area contributed by atoms with Gasteiger partial charge in [-0.25, -0.2) is 4.39 Å². The fourth-order valence-electron chi connectivity index (χ4n) is 3.49. The van der Waals surface area contributed by atoms with E-state index in [4.69, 9.17) is 0 Å². The van der Waals surface area contributed by atoms with Gasteiger partial charge in [-0.1, -0.05) is 0 Å². The molecule has 0 bridgehead atoms. The van der Waals surface area contributed by atoms with E-state index in [0.717, 1.165) is 12.8 Å². The van der Waals surface area contributed by atoms with E-state index in [2.05, 4.69) is 5.10 Å². The van der Waals surface area contributed by atoms with Crippen LogP contribution in [0.25, 0.3) is 0 Å². The number of likely N-dealkylation sites (tertiary alicyclic amines) is 2. The van der Waals surface area contributed by atoms with Crippen LogP contribution in [0.2, 0.25) is 0 Å². The SMILES string of the molecule is CCn1nccc1C(=O)N1CCCC(F)(C(=O)N2CCCC2)C1. The summed E-state index contributed by atoms with van der Waals surface area (Å²) >= 11 is 0. The van der Waals surface area contributed by atoms with E-state index < -0.39 is 11.6 Å². The van der Waals surface area contributed by atoms with Gasteiger partial charge in [0.15, 0.2) is 0 Å². The van der Waals surface area contributed by atoms with Crippen LogP contribution >= 0.6 is 0 Å². The number of rotatable bonds is 3. The largest absolute Gasteiger partial charge is 0.340 e. The quantitative estimate of drug-likeness (QED) is 0.847. The minimum absolute atomic E-state index is 0.157. The zero-order chi connectivity index (χ0) is 16.4. The predicted molar refractivity (Wildman–Crippen MR) is 82.7 cm³/mol. The van der Waals surface area contributed by atoms with Crippen molar-refractivity contribution >= 4 is 11.8 Å². The van der Waals surface area contributed by atoms with Gasteiger partial charge in [0.25, 0.3) is 11.8 Å². The summed E-state index contributed by atoms with van der Waals surface area (Å²) in [5.41, 5.74) is -1.50. The summed E-state index contributed by atoms with van der Waals surface area (Å²) < 4.78 is 16.8. The van der Waals surface area contributed by atoms with Gasteiger partial charge < -0.3 is 9.80 Å². The summed E-state index contributed by atoms with van der Waals surface area (Å²) in [7, 11) is 0. The number of carbonyl (C=O) groups excluding carboxylic acids is 2. The molecule has 2 saturated heterocycles. The van der Waals surface area contributed by atoms with Crippen LogP contribution in [0.4, 0.5) is 4.39 Å². The van der Waals surface area contributed by atoms with Gasteiger partial charge in [0.05, 0.1) is 6.54 Å². The van der Waals surface area contributed by atoms with E-state index in [1.165, 1.54) is 4.90 Å². The molecule has 7 heteroatoms. The minimum Gasteiger partial charge on any atom is -0.340 e. The van der Waals surface area contributed by atoms with Crippen LogP contribution in [-0.4, -0.2) is 63.2 Å². The predicted octanol–water partition coefficient (Wildman–Crippen LogP) is 1.47. The van der Waals surface area contributed by atoms with Crippen LogP contribution in [-0.2, 0) is 11.3 Å². The fraction of sp³-hybridized carbons (Fsp3) is 0.688. The normalized spacial score (nSPS) is 25.0. The number of hydrogen-bond acceptors (Lipinski definition) is 3. The molecule has 1 unspecified atom stereocenters. The molecule has 0 radical (unpaired) electrons. The van der Waals surface area contributed by atoms with E-state index in [-0.39, 0.29) is 18.9 Å². The number of halogens is 1. The average Bonchev–Trinajstić information content (AvgIpc) is 3.24. The highest BCUT2D eigenvalue weighted by Gasteiger charge is 2.46. The molecule has 2 aliphatic heterocycles. The third-order valence-electron chi connectivity index (χ3n) is 4.74. The van der Waals surface area contributed by atoms with Crippen LogP contribution in [0.15, 0.2) is 12.3 Å². The maximum Gasteiger partial charge on any atom is 0.272 e. The molecular formula is C16H23FN4O2. The molecule has 2 aliphatic rings. The second kappa shape index (κ2) is 6.29. The maximum absolute atomic E-state index is 15.2. The average molecular weight is 322 g/mol. The van der Waals surface area contributed by atoms with Crippen molar-refractivity contribution in [2.75, 3.05) is 26.2 Å². The molecule has 0 saturated carbocycles. The highest BCUT2D eigenvalue weighted by Crippen LogP contribution is 2.29. The van der Waals surface area contributed by atoms with E-state index >= 15 is 4.39 Å². The molecule has 6 nitrogen and oxygen atoms in total. The Morgan fingerprint density at radius 3 is 2.61 bits per heavy atom. The van der Waals surface area contributed by atoms with Crippen LogP contribution in [0.3, 0.4) is 0 Å². The number of alkyl halides is 1. The van der Waals surface area contributed by atoms with Crippen molar-refractivity contribution in [3.05, 3.63) is 18.0 Å². The lowest BCUT2D eigenvalue weighted by Gasteiger charge is -2.38. The summed E-state index contributed by atoms with van der Waals surface area (Å²) in [6.07, 6.45) is 4.13. The number of nitrogens with zero attached hydrogens (tertiary/aromatic N) is 4. The van der Waals surface area contributed by atoms with E-state index in [0.29, 0.717) is 38.3 Å². The third kappa shape index (κ3) is 2.96. The first-order valence-electron chi connectivity index (χ1n) is 8.34. The Labute approximate surface area is 135 Å². The van der Waals surface area contributed by atoms with Gasteiger partial charge >= 0.3 is 0 Å². The minimum atomic E-state index is -1.95. The Bertz CT molecular complexity index is 597. The van der Waals surface area contributed by atoms with Gasteiger partial charge in [-0.05, 0) is 38.7 Å². The number of amides is 2. The summed E-state index contributed by atoms with van der Waals surface area (Å²) in [5, 5.41) is 4.09. The van der Waals surface area contributed by atoms with Crippen molar-refractivity contribution in [2.24, 2.45) is 0 Å². The molecule has 1 atom stereocenters. The molecule has 0 aromatic carbocycles. The number of aromatic nitrogens is 2. The van der Waals surface area contributed by atoms with Crippen molar-refractivity contribution < 1.29 is 14.0 Å². The van der Waals surface area contributed by atoms with E-state index in [1.54, 1.807) is 21.8 Å². The van der Waals surface area contributed by atoms with Crippen molar-refractivity contribution in [1.82, 2.24) is 19.6 Å². The van der Waals surface area contributed by atoms with Gasteiger partial charge in [-0.15, -0.1) is 0 Å². The van der Waals surface area contributed by atoms with Crippen LogP contribution in [0.1, 0.15) is 43.1 Å². The summed E-state index contributed by atoms with van der Waals surface area (Å²) in [6, 6.07) is 1.64.